The maximum atomic E-state index is 13.8. The first-order valence-electron chi connectivity index (χ1n) is 7.23. The lowest BCUT2D eigenvalue weighted by Crippen LogP contribution is -2.47. The number of halogens is 4. The van der Waals surface area contributed by atoms with Gasteiger partial charge in [-0.15, -0.1) is 0 Å². The fourth-order valence-electron chi connectivity index (χ4n) is 2.63. The van der Waals surface area contributed by atoms with Gasteiger partial charge in [-0.3, -0.25) is 0 Å². The van der Waals surface area contributed by atoms with E-state index in [1.807, 2.05) is 9.80 Å². The van der Waals surface area contributed by atoms with E-state index in [-0.39, 0.29) is 5.82 Å². The number of aromatic nitrogens is 1. The fraction of sp³-hybridized carbons (Fsp3) is 0.312. The Hall–Kier alpha value is -2.31. The molecule has 1 aliphatic heterocycles. The SMILES string of the molecule is Fc1ccccc1N1CCN(c2ccc(C(F)(F)F)cn2)CC1. The molecular formula is C16H15F4N3. The number of alkyl halides is 3. The lowest BCUT2D eigenvalue weighted by Gasteiger charge is -2.36. The van der Waals surface area contributed by atoms with E-state index >= 15 is 0 Å². The topological polar surface area (TPSA) is 19.4 Å². The molecule has 1 aromatic carbocycles. The molecule has 7 heteroatoms. The summed E-state index contributed by atoms with van der Waals surface area (Å²) < 4.78 is 51.4. The number of hydrogen-bond donors (Lipinski definition) is 0. The zero-order chi connectivity index (χ0) is 16.4. The highest BCUT2D eigenvalue weighted by Crippen LogP contribution is 2.29. The minimum Gasteiger partial charge on any atom is -0.366 e. The highest BCUT2D eigenvalue weighted by atomic mass is 19.4. The molecule has 2 heterocycles. The smallest absolute Gasteiger partial charge is 0.366 e. The van der Waals surface area contributed by atoms with E-state index in [1.165, 1.54) is 12.1 Å². The zero-order valence-corrected chi connectivity index (χ0v) is 12.2. The Morgan fingerprint density at radius 3 is 2.09 bits per heavy atom. The lowest BCUT2D eigenvalue weighted by molar-refractivity contribution is -0.137. The second kappa shape index (κ2) is 6.06. The van der Waals surface area contributed by atoms with Crippen LogP contribution >= 0.6 is 0 Å². The second-order valence-electron chi connectivity index (χ2n) is 5.33. The van der Waals surface area contributed by atoms with Crippen LogP contribution in [0.3, 0.4) is 0 Å². The van der Waals surface area contributed by atoms with Crippen LogP contribution in [0.4, 0.5) is 29.1 Å². The summed E-state index contributed by atoms with van der Waals surface area (Å²) in [6, 6.07) is 8.97. The van der Waals surface area contributed by atoms with Gasteiger partial charge in [-0.05, 0) is 24.3 Å². The van der Waals surface area contributed by atoms with Gasteiger partial charge in [0.15, 0.2) is 0 Å². The molecule has 0 spiro atoms. The lowest BCUT2D eigenvalue weighted by atomic mass is 10.2. The van der Waals surface area contributed by atoms with Crippen LogP contribution < -0.4 is 9.80 Å². The van der Waals surface area contributed by atoms with E-state index in [4.69, 9.17) is 0 Å². The molecule has 3 nitrogen and oxygen atoms in total. The maximum Gasteiger partial charge on any atom is 0.417 e. The number of rotatable bonds is 2. The predicted molar refractivity (Wildman–Crippen MR) is 80.1 cm³/mol. The Balaban J connectivity index is 1.66. The number of para-hydroxylation sites is 1. The molecule has 0 aliphatic carbocycles. The third-order valence-electron chi connectivity index (χ3n) is 3.87. The molecule has 1 aromatic heterocycles. The molecule has 0 radical (unpaired) electrons. The third-order valence-corrected chi connectivity index (χ3v) is 3.87. The number of benzene rings is 1. The largest absolute Gasteiger partial charge is 0.417 e. The molecular weight excluding hydrogens is 310 g/mol. The van der Waals surface area contributed by atoms with Crippen molar-refractivity contribution in [3.8, 4) is 0 Å². The Morgan fingerprint density at radius 1 is 0.870 bits per heavy atom. The molecule has 2 aromatic rings. The molecule has 1 fully saturated rings. The van der Waals surface area contributed by atoms with Crippen LogP contribution in [0.15, 0.2) is 42.6 Å². The van der Waals surface area contributed by atoms with Crippen molar-refractivity contribution in [2.45, 2.75) is 6.18 Å². The summed E-state index contributed by atoms with van der Waals surface area (Å²) in [4.78, 5) is 7.72. The fourth-order valence-corrected chi connectivity index (χ4v) is 2.63. The highest BCUT2D eigenvalue weighted by Gasteiger charge is 2.31. The molecule has 0 bridgehead atoms. The summed E-state index contributed by atoms with van der Waals surface area (Å²) in [7, 11) is 0. The summed E-state index contributed by atoms with van der Waals surface area (Å²) in [6.45, 7) is 2.33. The second-order valence-corrected chi connectivity index (χ2v) is 5.33. The Labute approximate surface area is 131 Å². The van der Waals surface area contributed by atoms with E-state index in [2.05, 4.69) is 4.98 Å². The number of hydrogen-bond acceptors (Lipinski definition) is 3. The summed E-state index contributed by atoms with van der Waals surface area (Å²) >= 11 is 0. The van der Waals surface area contributed by atoms with Crippen molar-refractivity contribution >= 4 is 11.5 Å². The quantitative estimate of drug-likeness (QED) is 0.787. The van der Waals surface area contributed by atoms with Crippen LogP contribution in [0.1, 0.15) is 5.56 Å². The molecule has 1 aliphatic rings. The van der Waals surface area contributed by atoms with Crippen LogP contribution in [0.2, 0.25) is 0 Å². The first-order chi connectivity index (χ1) is 10.9. The first kappa shape index (κ1) is 15.6. The van der Waals surface area contributed by atoms with Gasteiger partial charge >= 0.3 is 6.18 Å². The summed E-state index contributed by atoms with van der Waals surface area (Å²) in [5.41, 5.74) is -0.209. The van der Waals surface area contributed by atoms with Gasteiger partial charge in [-0.1, -0.05) is 12.1 Å². The van der Waals surface area contributed by atoms with Gasteiger partial charge in [0.05, 0.1) is 11.3 Å². The molecule has 3 rings (SSSR count). The molecule has 122 valence electrons. The average molecular weight is 325 g/mol. The minimum atomic E-state index is -4.38. The number of anilines is 2. The van der Waals surface area contributed by atoms with E-state index in [9.17, 15) is 17.6 Å². The van der Waals surface area contributed by atoms with Gasteiger partial charge in [0.25, 0.3) is 0 Å². The Morgan fingerprint density at radius 2 is 1.52 bits per heavy atom. The first-order valence-corrected chi connectivity index (χ1v) is 7.23. The van der Waals surface area contributed by atoms with E-state index in [0.29, 0.717) is 37.7 Å². The summed E-state index contributed by atoms with van der Waals surface area (Å²) in [5.74, 6) is 0.236. The van der Waals surface area contributed by atoms with Crippen molar-refractivity contribution in [3.63, 3.8) is 0 Å². The number of nitrogens with zero attached hydrogens (tertiary/aromatic N) is 3. The van der Waals surface area contributed by atoms with Crippen molar-refractivity contribution in [2.75, 3.05) is 36.0 Å². The highest BCUT2D eigenvalue weighted by molar-refractivity contribution is 5.50. The third kappa shape index (κ3) is 3.38. The zero-order valence-electron chi connectivity index (χ0n) is 12.2. The van der Waals surface area contributed by atoms with Crippen LogP contribution in [0.5, 0.6) is 0 Å². The van der Waals surface area contributed by atoms with E-state index in [0.717, 1.165) is 12.3 Å². The van der Waals surface area contributed by atoms with Crippen LogP contribution in [-0.2, 0) is 6.18 Å². The summed E-state index contributed by atoms with van der Waals surface area (Å²) in [6.07, 6.45) is -3.53. The Bertz CT molecular complexity index is 662. The van der Waals surface area contributed by atoms with Crippen molar-refractivity contribution in [2.24, 2.45) is 0 Å². The molecule has 23 heavy (non-hydrogen) atoms. The van der Waals surface area contributed by atoms with Crippen LogP contribution in [0, 0.1) is 5.82 Å². The Kier molecular flexibility index (Phi) is 4.11. The molecule has 0 unspecified atom stereocenters. The molecule has 1 saturated heterocycles. The van der Waals surface area contributed by atoms with Gasteiger partial charge in [0, 0.05) is 32.4 Å². The average Bonchev–Trinajstić information content (AvgIpc) is 2.55. The van der Waals surface area contributed by atoms with Crippen LogP contribution in [-0.4, -0.2) is 31.2 Å². The van der Waals surface area contributed by atoms with Crippen LogP contribution in [0.25, 0.3) is 0 Å². The van der Waals surface area contributed by atoms with Gasteiger partial charge in [0.1, 0.15) is 11.6 Å². The normalized spacial score (nSPS) is 15.8. The number of pyridine rings is 1. The standard InChI is InChI=1S/C16H15F4N3/c17-13-3-1-2-4-14(13)22-7-9-23(10-8-22)15-6-5-12(11-21-15)16(18,19)20/h1-6,11H,7-10H2. The molecule has 0 amide bonds. The summed E-state index contributed by atoms with van der Waals surface area (Å²) in [5, 5.41) is 0. The molecule has 0 saturated carbocycles. The van der Waals surface area contributed by atoms with Gasteiger partial charge in [-0.2, -0.15) is 13.2 Å². The monoisotopic (exact) mass is 325 g/mol. The van der Waals surface area contributed by atoms with E-state index < -0.39 is 11.7 Å². The van der Waals surface area contributed by atoms with Gasteiger partial charge < -0.3 is 9.80 Å². The molecule has 0 atom stereocenters. The van der Waals surface area contributed by atoms with Gasteiger partial charge in [-0.25, -0.2) is 9.37 Å². The molecule has 0 N–H and O–H groups in total. The predicted octanol–water partition coefficient (Wildman–Crippen LogP) is 3.57. The minimum absolute atomic E-state index is 0.270. The van der Waals surface area contributed by atoms with Crippen molar-refractivity contribution in [1.29, 1.82) is 0 Å². The van der Waals surface area contributed by atoms with Crippen molar-refractivity contribution in [1.82, 2.24) is 4.98 Å². The van der Waals surface area contributed by atoms with E-state index in [1.54, 1.807) is 18.2 Å². The maximum absolute atomic E-state index is 13.8. The van der Waals surface area contributed by atoms with Crippen molar-refractivity contribution < 1.29 is 17.6 Å². The van der Waals surface area contributed by atoms with Gasteiger partial charge in [0.2, 0.25) is 0 Å². The number of piperazine rings is 1. The van der Waals surface area contributed by atoms with Crippen molar-refractivity contribution in [3.05, 3.63) is 54.0 Å².